The van der Waals surface area contributed by atoms with Crippen LogP contribution in [-0.2, 0) is 4.79 Å². The number of fused-ring (bicyclic) bond motifs is 3. The summed E-state index contributed by atoms with van der Waals surface area (Å²) in [7, 11) is 1.74. The zero-order chi connectivity index (χ0) is 19.1. The lowest BCUT2D eigenvalue weighted by molar-refractivity contribution is -0.120. The molecule has 0 spiro atoms. The molecule has 0 radical (unpaired) electrons. The fourth-order valence-electron chi connectivity index (χ4n) is 4.10. The van der Waals surface area contributed by atoms with Crippen molar-refractivity contribution < 1.29 is 9.32 Å². The first-order chi connectivity index (χ1) is 13.0. The zero-order valence-corrected chi connectivity index (χ0v) is 17.2. The van der Waals surface area contributed by atoms with Crippen molar-refractivity contribution in [2.24, 2.45) is 0 Å². The minimum atomic E-state index is -0.120. The van der Waals surface area contributed by atoms with Crippen molar-refractivity contribution in [2.45, 2.75) is 38.3 Å². The second-order valence-electron chi connectivity index (χ2n) is 7.03. The number of hydrogen-bond acceptors (Lipinski definition) is 5. The number of rotatable bonds is 4. The van der Waals surface area contributed by atoms with Gasteiger partial charge in [-0.3, -0.25) is 9.59 Å². The summed E-state index contributed by atoms with van der Waals surface area (Å²) in [5, 5.41) is 11.7. The van der Waals surface area contributed by atoms with E-state index in [2.05, 4.69) is 15.8 Å². The van der Waals surface area contributed by atoms with Gasteiger partial charge in [-0.25, -0.2) is 0 Å². The van der Waals surface area contributed by atoms with E-state index < -0.39 is 0 Å². The average Bonchev–Trinajstić information content (AvgIpc) is 3.22. The number of hydrogen-bond donors (Lipinski definition) is 2. The van der Waals surface area contributed by atoms with Gasteiger partial charge >= 0.3 is 0 Å². The highest BCUT2D eigenvalue weighted by Gasteiger charge is 2.30. The van der Waals surface area contributed by atoms with Gasteiger partial charge in [-0.1, -0.05) is 22.8 Å². The molecule has 2 unspecified atom stereocenters. The van der Waals surface area contributed by atoms with Crippen LogP contribution in [-0.4, -0.2) is 35.3 Å². The van der Waals surface area contributed by atoms with Crippen molar-refractivity contribution in [1.82, 2.24) is 20.4 Å². The number of nitrogens with zero attached hydrogens (tertiary/aromatic N) is 2. The summed E-state index contributed by atoms with van der Waals surface area (Å²) in [5.41, 5.74) is 1.14. The molecule has 9 heteroatoms. The SMILES string of the molecule is CNCC(=O)NC1CCC(n2c(=O)c3c(C)onc3c3c(Cl)cccc32)C1.Cl. The fraction of sp³-hybridized carbons (Fsp3) is 0.421. The molecule has 1 fully saturated rings. The maximum Gasteiger partial charge on any atom is 0.264 e. The molecular formula is C19H22Cl2N4O3. The molecule has 2 heterocycles. The number of carbonyl (C=O) groups excluding carboxylic acids is 1. The Labute approximate surface area is 172 Å². The fourth-order valence-corrected chi connectivity index (χ4v) is 4.36. The summed E-state index contributed by atoms with van der Waals surface area (Å²) in [4.78, 5) is 25.1. The highest BCUT2D eigenvalue weighted by atomic mass is 35.5. The van der Waals surface area contributed by atoms with E-state index in [1.165, 1.54) is 0 Å². The Balaban J connectivity index is 0.00000225. The van der Waals surface area contributed by atoms with Crippen LogP contribution >= 0.6 is 24.0 Å². The van der Waals surface area contributed by atoms with Gasteiger partial charge in [0.1, 0.15) is 16.7 Å². The molecule has 2 aromatic heterocycles. The molecule has 1 aliphatic rings. The van der Waals surface area contributed by atoms with E-state index in [1.807, 2.05) is 12.1 Å². The zero-order valence-electron chi connectivity index (χ0n) is 15.6. The van der Waals surface area contributed by atoms with E-state index in [-0.39, 0.29) is 42.5 Å². The lowest BCUT2D eigenvalue weighted by atomic mass is 10.1. The van der Waals surface area contributed by atoms with Crippen LogP contribution in [0.25, 0.3) is 21.8 Å². The standard InChI is InChI=1S/C19H21ClN4O3.ClH/c1-10-16-18(23-27-10)17-13(20)4-3-5-14(17)24(19(16)26)12-7-6-11(8-12)22-15(25)9-21-2;/h3-5,11-12,21H,6-9H2,1-2H3,(H,22,25);1H. The van der Waals surface area contributed by atoms with Gasteiger partial charge in [-0.2, -0.15) is 0 Å². The van der Waals surface area contributed by atoms with Gasteiger partial charge in [0.15, 0.2) is 0 Å². The van der Waals surface area contributed by atoms with Crippen molar-refractivity contribution in [3.63, 3.8) is 0 Å². The van der Waals surface area contributed by atoms with E-state index in [0.717, 1.165) is 23.7 Å². The van der Waals surface area contributed by atoms with Crippen LogP contribution < -0.4 is 16.2 Å². The van der Waals surface area contributed by atoms with Crippen LogP contribution in [0, 0.1) is 6.92 Å². The van der Waals surface area contributed by atoms with Crippen LogP contribution in [0.1, 0.15) is 31.1 Å². The minimum Gasteiger partial charge on any atom is -0.360 e. The molecule has 1 saturated carbocycles. The average molecular weight is 425 g/mol. The maximum atomic E-state index is 13.3. The van der Waals surface area contributed by atoms with E-state index >= 15 is 0 Å². The molecule has 7 nitrogen and oxygen atoms in total. The number of amides is 1. The third-order valence-electron chi connectivity index (χ3n) is 5.26. The molecule has 0 aliphatic heterocycles. The van der Waals surface area contributed by atoms with Crippen molar-refractivity contribution in [3.05, 3.63) is 39.3 Å². The topological polar surface area (TPSA) is 89.2 Å². The first-order valence-corrected chi connectivity index (χ1v) is 9.41. The molecule has 150 valence electrons. The Morgan fingerprint density at radius 3 is 2.89 bits per heavy atom. The van der Waals surface area contributed by atoms with Crippen LogP contribution in [0.3, 0.4) is 0 Å². The summed E-state index contributed by atoms with van der Waals surface area (Å²) < 4.78 is 7.09. The Bertz CT molecular complexity index is 1090. The van der Waals surface area contributed by atoms with Crippen molar-refractivity contribution >= 4 is 51.7 Å². The van der Waals surface area contributed by atoms with Crippen LogP contribution in [0.4, 0.5) is 0 Å². The number of aryl methyl sites for hydroxylation is 1. The third kappa shape index (κ3) is 3.38. The number of nitrogens with one attached hydrogen (secondary N) is 2. The predicted molar refractivity (Wildman–Crippen MR) is 112 cm³/mol. The van der Waals surface area contributed by atoms with Gasteiger partial charge < -0.3 is 19.7 Å². The molecule has 3 aromatic rings. The molecule has 2 N–H and O–H groups in total. The highest BCUT2D eigenvalue weighted by molar-refractivity contribution is 6.37. The molecule has 1 amide bonds. The number of carbonyl (C=O) groups is 1. The van der Waals surface area contributed by atoms with Crippen LogP contribution in [0.5, 0.6) is 0 Å². The van der Waals surface area contributed by atoms with E-state index in [0.29, 0.717) is 28.1 Å². The number of aromatic nitrogens is 2. The third-order valence-corrected chi connectivity index (χ3v) is 5.57. The monoisotopic (exact) mass is 424 g/mol. The first-order valence-electron chi connectivity index (χ1n) is 9.04. The van der Waals surface area contributed by atoms with Crippen LogP contribution in [0.2, 0.25) is 5.02 Å². The summed E-state index contributed by atoms with van der Waals surface area (Å²) in [6.45, 7) is 2.02. The summed E-state index contributed by atoms with van der Waals surface area (Å²) >= 11 is 6.45. The molecule has 0 saturated heterocycles. The molecule has 0 bridgehead atoms. The molecule has 1 aliphatic carbocycles. The number of likely N-dealkylation sites (N-methyl/N-ethyl adjacent to an activating group) is 1. The Hall–Kier alpha value is -2.09. The summed E-state index contributed by atoms with van der Waals surface area (Å²) in [6, 6.07) is 5.55. The summed E-state index contributed by atoms with van der Waals surface area (Å²) in [6.07, 6.45) is 2.34. The molecule has 28 heavy (non-hydrogen) atoms. The Morgan fingerprint density at radius 2 is 2.14 bits per heavy atom. The smallest absolute Gasteiger partial charge is 0.264 e. The van der Waals surface area contributed by atoms with Gasteiger partial charge in [0, 0.05) is 17.5 Å². The normalized spacial score (nSPS) is 19.1. The highest BCUT2D eigenvalue weighted by Crippen LogP contribution is 2.35. The van der Waals surface area contributed by atoms with Gasteiger partial charge in [0.2, 0.25) is 5.91 Å². The lowest BCUT2D eigenvalue weighted by Crippen LogP contribution is -2.38. The minimum absolute atomic E-state index is 0. The van der Waals surface area contributed by atoms with Gasteiger partial charge in [-0.05, 0) is 45.4 Å². The molecular weight excluding hydrogens is 403 g/mol. The second kappa shape index (κ2) is 8.11. The van der Waals surface area contributed by atoms with Gasteiger partial charge in [0.25, 0.3) is 5.56 Å². The number of benzene rings is 1. The largest absolute Gasteiger partial charge is 0.360 e. The first kappa shape index (κ1) is 20.6. The quantitative estimate of drug-likeness (QED) is 0.671. The number of halogens is 2. The molecule has 4 rings (SSSR count). The predicted octanol–water partition coefficient (Wildman–Crippen LogP) is 2.96. The lowest BCUT2D eigenvalue weighted by Gasteiger charge is -2.19. The van der Waals surface area contributed by atoms with Gasteiger partial charge in [0.05, 0.1) is 17.1 Å². The van der Waals surface area contributed by atoms with Crippen LogP contribution in [0.15, 0.2) is 27.5 Å². The van der Waals surface area contributed by atoms with E-state index in [9.17, 15) is 9.59 Å². The Kier molecular flexibility index (Phi) is 5.98. The van der Waals surface area contributed by atoms with Crippen molar-refractivity contribution in [2.75, 3.05) is 13.6 Å². The second-order valence-corrected chi connectivity index (χ2v) is 7.44. The number of pyridine rings is 1. The summed E-state index contributed by atoms with van der Waals surface area (Å²) in [5.74, 6) is 0.455. The maximum absolute atomic E-state index is 13.3. The van der Waals surface area contributed by atoms with E-state index in [4.69, 9.17) is 16.1 Å². The molecule has 2 atom stereocenters. The van der Waals surface area contributed by atoms with Gasteiger partial charge in [-0.15, -0.1) is 12.4 Å². The van der Waals surface area contributed by atoms with Crippen molar-refractivity contribution in [1.29, 1.82) is 0 Å². The van der Waals surface area contributed by atoms with Crippen molar-refractivity contribution in [3.8, 4) is 0 Å². The van der Waals surface area contributed by atoms with E-state index in [1.54, 1.807) is 24.6 Å². The molecule has 1 aromatic carbocycles. The Morgan fingerprint density at radius 1 is 1.36 bits per heavy atom.